The zero-order valence-corrected chi connectivity index (χ0v) is 17.0. The van der Waals surface area contributed by atoms with Crippen LogP contribution in [0.2, 0.25) is 0 Å². The van der Waals surface area contributed by atoms with Crippen molar-refractivity contribution < 1.29 is 9.59 Å². The Hall–Kier alpha value is -2.03. The second-order valence-electron chi connectivity index (χ2n) is 5.95. The van der Waals surface area contributed by atoms with Gasteiger partial charge in [0.1, 0.15) is 0 Å². The van der Waals surface area contributed by atoms with E-state index in [2.05, 4.69) is 26.2 Å². The Morgan fingerprint density at radius 3 is 2.88 bits per heavy atom. The number of nitrogens with zero attached hydrogens (tertiary/aromatic N) is 2. The summed E-state index contributed by atoms with van der Waals surface area (Å²) in [5.74, 6) is -0.610. The van der Waals surface area contributed by atoms with Gasteiger partial charge in [0.15, 0.2) is 5.13 Å². The number of hydrogen-bond acceptors (Lipinski definition) is 5. The summed E-state index contributed by atoms with van der Waals surface area (Å²) < 4.78 is 0.993. The molecule has 1 N–H and O–H groups in total. The Labute approximate surface area is 166 Å². The van der Waals surface area contributed by atoms with Crippen LogP contribution in [0.3, 0.4) is 0 Å². The monoisotopic (exact) mass is 447 g/mol. The second kappa shape index (κ2) is 6.94. The molecule has 4 rings (SSSR count). The van der Waals surface area contributed by atoms with Gasteiger partial charge in [-0.15, -0.1) is 22.7 Å². The first kappa shape index (κ1) is 17.4. The highest BCUT2D eigenvalue weighted by Gasteiger charge is 2.33. The van der Waals surface area contributed by atoms with Gasteiger partial charge >= 0.3 is 0 Å². The summed E-state index contributed by atoms with van der Waals surface area (Å²) >= 11 is 6.49. The van der Waals surface area contributed by atoms with Crippen molar-refractivity contribution in [3.63, 3.8) is 0 Å². The maximum atomic E-state index is 12.9. The molecule has 132 valence electrons. The summed E-state index contributed by atoms with van der Waals surface area (Å²) in [5, 5.41) is 7.38. The zero-order valence-electron chi connectivity index (χ0n) is 13.7. The van der Waals surface area contributed by atoms with Gasteiger partial charge in [-0.2, -0.15) is 0 Å². The molecule has 2 aromatic heterocycles. The van der Waals surface area contributed by atoms with Crippen LogP contribution in [-0.4, -0.2) is 35.3 Å². The summed E-state index contributed by atoms with van der Waals surface area (Å²) in [5.41, 5.74) is 2.19. The average molecular weight is 448 g/mol. The smallest absolute Gasteiger partial charge is 0.253 e. The van der Waals surface area contributed by atoms with Crippen molar-refractivity contribution in [2.75, 3.05) is 18.9 Å². The van der Waals surface area contributed by atoms with Crippen LogP contribution in [0.5, 0.6) is 0 Å². The molecular weight excluding hydrogens is 434 g/mol. The molecule has 3 aromatic rings. The van der Waals surface area contributed by atoms with E-state index in [1.807, 2.05) is 35.0 Å². The van der Waals surface area contributed by atoms with Gasteiger partial charge < -0.3 is 10.2 Å². The Bertz CT molecular complexity index is 998. The Kier molecular flexibility index (Phi) is 4.64. The van der Waals surface area contributed by atoms with E-state index in [-0.39, 0.29) is 11.8 Å². The van der Waals surface area contributed by atoms with E-state index in [4.69, 9.17) is 0 Å². The third-order valence-corrected chi connectivity index (χ3v) is 6.89. The molecule has 0 aliphatic carbocycles. The summed E-state index contributed by atoms with van der Waals surface area (Å²) in [6.45, 7) is 0.358. The number of fused-ring (bicyclic) bond motifs is 1. The fourth-order valence-corrected chi connectivity index (χ4v) is 5.30. The van der Waals surface area contributed by atoms with Gasteiger partial charge in [-0.1, -0.05) is 18.2 Å². The van der Waals surface area contributed by atoms with Crippen molar-refractivity contribution in [1.82, 2.24) is 9.88 Å². The number of thiazole rings is 1. The number of nitrogens with one attached hydrogen (secondary N) is 1. The molecule has 3 heterocycles. The fourth-order valence-electron chi connectivity index (χ4n) is 2.98. The van der Waals surface area contributed by atoms with Crippen LogP contribution in [0.4, 0.5) is 5.13 Å². The molecule has 0 radical (unpaired) electrons. The zero-order chi connectivity index (χ0) is 18.3. The third kappa shape index (κ3) is 3.08. The number of anilines is 1. The predicted molar refractivity (Wildman–Crippen MR) is 108 cm³/mol. The quantitative estimate of drug-likeness (QED) is 0.645. The molecule has 1 aliphatic heterocycles. The first-order valence-corrected chi connectivity index (χ1v) is 10.4. The minimum Gasteiger partial charge on any atom is -0.341 e. The van der Waals surface area contributed by atoms with Gasteiger partial charge in [0, 0.05) is 29.0 Å². The van der Waals surface area contributed by atoms with E-state index in [1.165, 1.54) is 11.3 Å². The molecule has 0 saturated heterocycles. The lowest BCUT2D eigenvalue weighted by Crippen LogP contribution is -2.41. The van der Waals surface area contributed by atoms with Gasteiger partial charge in [-0.3, -0.25) is 9.59 Å². The molecular formula is C18H14BrN3O2S2. The predicted octanol–water partition coefficient (Wildman–Crippen LogP) is 4.44. The molecule has 0 saturated carbocycles. The molecule has 1 atom stereocenters. The highest BCUT2D eigenvalue weighted by atomic mass is 79.9. The number of carbonyl (C=O) groups excluding carboxylic acids is 2. The van der Waals surface area contributed by atoms with Crippen LogP contribution in [0.1, 0.15) is 21.8 Å². The van der Waals surface area contributed by atoms with Gasteiger partial charge in [0.2, 0.25) is 5.91 Å². The lowest BCUT2D eigenvalue weighted by molar-refractivity contribution is -0.117. The number of amides is 2. The van der Waals surface area contributed by atoms with Gasteiger partial charge in [-0.05, 0) is 39.0 Å². The molecule has 1 unspecified atom stereocenters. The van der Waals surface area contributed by atoms with Crippen molar-refractivity contribution in [1.29, 1.82) is 0 Å². The van der Waals surface area contributed by atoms with E-state index in [0.29, 0.717) is 17.2 Å². The van der Waals surface area contributed by atoms with Crippen LogP contribution in [0.15, 0.2) is 45.6 Å². The molecule has 1 aliphatic rings. The van der Waals surface area contributed by atoms with Gasteiger partial charge in [-0.25, -0.2) is 4.98 Å². The first-order chi connectivity index (χ1) is 12.5. The minimum absolute atomic E-state index is 0.0521. The van der Waals surface area contributed by atoms with Crippen LogP contribution in [0, 0.1) is 0 Å². The maximum Gasteiger partial charge on any atom is 0.253 e. The molecule has 0 fully saturated rings. The molecule has 8 heteroatoms. The molecule has 2 amide bonds. The standard InChI is InChI=1S/C18H14BrN3O2S2/c1-22-8-12(10-4-2-3-5-11(10)17(22)24)16(23)21-18-20-14(9-26-18)15-13(19)6-7-25-15/h2-7,9,12H,8H2,1H3,(H,20,21,23). The Morgan fingerprint density at radius 2 is 2.12 bits per heavy atom. The maximum absolute atomic E-state index is 12.9. The van der Waals surface area contributed by atoms with Crippen LogP contribution < -0.4 is 5.32 Å². The number of likely N-dealkylation sites (N-methyl/N-ethyl adjacent to an activating group) is 1. The van der Waals surface area contributed by atoms with E-state index >= 15 is 0 Å². The van der Waals surface area contributed by atoms with Crippen molar-refractivity contribution in [2.45, 2.75) is 5.92 Å². The van der Waals surface area contributed by atoms with Crippen LogP contribution >= 0.6 is 38.6 Å². The number of aromatic nitrogens is 1. The van der Waals surface area contributed by atoms with Crippen molar-refractivity contribution in [3.8, 4) is 10.6 Å². The largest absolute Gasteiger partial charge is 0.341 e. The minimum atomic E-state index is -0.408. The van der Waals surface area contributed by atoms with E-state index in [1.54, 1.807) is 29.4 Å². The van der Waals surface area contributed by atoms with Gasteiger partial charge in [0.05, 0.1) is 16.5 Å². The topological polar surface area (TPSA) is 62.3 Å². The highest BCUT2D eigenvalue weighted by Crippen LogP contribution is 2.35. The number of hydrogen-bond donors (Lipinski definition) is 1. The Morgan fingerprint density at radius 1 is 1.31 bits per heavy atom. The summed E-state index contributed by atoms with van der Waals surface area (Å²) in [6, 6.07) is 9.26. The number of benzene rings is 1. The molecule has 26 heavy (non-hydrogen) atoms. The average Bonchev–Trinajstić information content (AvgIpc) is 3.26. The van der Waals surface area contributed by atoms with Crippen LogP contribution in [-0.2, 0) is 4.79 Å². The summed E-state index contributed by atoms with van der Waals surface area (Å²) in [6.07, 6.45) is 0. The number of thiophene rings is 1. The molecule has 0 spiro atoms. The van der Waals surface area contributed by atoms with Crippen molar-refractivity contribution in [3.05, 3.63) is 56.7 Å². The molecule has 1 aromatic carbocycles. The van der Waals surface area contributed by atoms with Crippen LogP contribution in [0.25, 0.3) is 10.6 Å². The molecule has 0 bridgehead atoms. The normalized spacial score (nSPS) is 16.5. The fraction of sp³-hybridized carbons (Fsp3) is 0.167. The lowest BCUT2D eigenvalue weighted by atomic mass is 9.89. The Balaban J connectivity index is 1.58. The number of halogens is 1. The number of carbonyl (C=O) groups is 2. The van der Waals surface area contributed by atoms with E-state index in [0.717, 1.165) is 20.6 Å². The highest BCUT2D eigenvalue weighted by molar-refractivity contribution is 9.10. The third-order valence-electron chi connectivity index (χ3n) is 4.27. The SMILES string of the molecule is CN1CC(C(=O)Nc2nc(-c3sccc3Br)cs2)c2ccccc2C1=O. The number of rotatable bonds is 3. The van der Waals surface area contributed by atoms with E-state index in [9.17, 15) is 9.59 Å². The van der Waals surface area contributed by atoms with Gasteiger partial charge in [0.25, 0.3) is 5.91 Å². The first-order valence-electron chi connectivity index (χ1n) is 7.88. The second-order valence-corrected chi connectivity index (χ2v) is 8.58. The van der Waals surface area contributed by atoms with Crippen molar-refractivity contribution >= 4 is 55.5 Å². The summed E-state index contributed by atoms with van der Waals surface area (Å²) in [4.78, 5) is 32.3. The summed E-state index contributed by atoms with van der Waals surface area (Å²) in [7, 11) is 1.72. The van der Waals surface area contributed by atoms with Crippen molar-refractivity contribution in [2.24, 2.45) is 0 Å². The lowest BCUT2D eigenvalue weighted by Gasteiger charge is -2.30. The molecule has 5 nitrogen and oxygen atoms in total. The van der Waals surface area contributed by atoms with E-state index < -0.39 is 5.92 Å².